The molecule has 0 aromatic heterocycles. The number of alkyl carbamates (subject to hydrolysis) is 1. The number of amides is 2. The number of ether oxygens (including phenoxy) is 1. The Morgan fingerprint density at radius 1 is 1.27 bits per heavy atom. The van der Waals surface area contributed by atoms with E-state index in [9.17, 15) is 23.1 Å². The number of nitrogens with one attached hydrogen (secondary N) is 1. The molecule has 186 valence electrons. The fraction of sp³-hybridized carbons (Fsp3) is 0.652. The lowest BCUT2D eigenvalue weighted by molar-refractivity contribution is -0.137. The van der Waals surface area contributed by atoms with Gasteiger partial charge in [0.15, 0.2) is 0 Å². The van der Waals surface area contributed by atoms with Crippen LogP contribution in [0.1, 0.15) is 53.4 Å². The molecule has 1 aromatic carbocycles. The van der Waals surface area contributed by atoms with Gasteiger partial charge in [0.25, 0.3) is 0 Å². The molecule has 1 saturated heterocycles. The van der Waals surface area contributed by atoms with Gasteiger partial charge in [0.05, 0.1) is 17.0 Å². The lowest BCUT2D eigenvalue weighted by atomic mass is 10.0. The summed E-state index contributed by atoms with van der Waals surface area (Å²) in [6, 6.07) is 6.73. The van der Waals surface area contributed by atoms with Gasteiger partial charge in [-0.25, -0.2) is 13.2 Å². The van der Waals surface area contributed by atoms with E-state index in [4.69, 9.17) is 4.74 Å². The van der Waals surface area contributed by atoms with Gasteiger partial charge in [-0.15, -0.1) is 0 Å². The van der Waals surface area contributed by atoms with Gasteiger partial charge in [-0.05, 0) is 52.2 Å². The number of likely N-dealkylation sites (N-methyl/N-ethyl adjacent to an activating group) is 1. The second-order valence-corrected chi connectivity index (χ2v) is 11.3. The van der Waals surface area contributed by atoms with Gasteiger partial charge >= 0.3 is 6.09 Å². The van der Waals surface area contributed by atoms with Gasteiger partial charge in [-0.1, -0.05) is 31.5 Å². The van der Waals surface area contributed by atoms with Crippen molar-refractivity contribution in [3.8, 4) is 0 Å². The van der Waals surface area contributed by atoms with Crippen LogP contribution in [0.15, 0.2) is 35.2 Å². The Morgan fingerprint density at radius 3 is 2.48 bits per heavy atom. The van der Waals surface area contributed by atoms with Crippen LogP contribution in [0.25, 0.3) is 0 Å². The van der Waals surface area contributed by atoms with E-state index in [2.05, 4.69) is 5.32 Å². The Balaban J connectivity index is 2.12. The van der Waals surface area contributed by atoms with Crippen LogP contribution in [0, 0.1) is 0 Å². The normalized spacial score (nSPS) is 21.0. The van der Waals surface area contributed by atoms with E-state index in [1.54, 1.807) is 46.0 Å². The van der Waals surface area contributed by atoms with Crippen LogP contribution in [0.2, 0.25) is 0 Å². The van der Waals surface area contributed by atoms with Gasteiger partial charge in [0.2, 0.25) is 15.9 Å². The molecule has 10 heteroatoms. The van der Waals surface area contributed by atoms with E-state index in [0.717, 1.165) is 0 Å². The lowest BCUT2D eigenvalue weighted by Gasteiger charge is -2.34. The lowest BCUT2D eigenvalue weighted by Crippen LogP contribution is -2.54. The van der Waals surface area contributed by atoms with Gasteiger partial charge in [-0.2, -0.15) is 4.31 Å². The minimum atomic E-state index is -3.75. The number of sulfonamides is 1. The quantitative estimate of drug-likeness (QED) is 0.615. The Bertz CT molecular complexity index is 901. The molecule has 0 saturated carbocycles. The molecule has 1 aliphatic rings. The molecule has 0 spiro atoms. The van der Waals surface area contributed by atoms with Crippen molar-refractivity contribution in [3.63, 3.8) is 0 Å². The number of aliphatic hydroxyl groups excluding tert-OH is 1. The number of benzene rings is 1. The topological polar surface area (TPSA) is 116 Å². The number of rotatable bonds is 7. The van der Waals surface area contributed by atoms with Crippen molar-refractivity contribution >= 4 is 22.0 Å². The van der Waals surface area contributed by atoms with Crippen LogP contribution >= 0.6 is 0 Å². The number of β-amino-alcohol motifs (C(OH)–C–C–N with tert-alkyl or cyclic N) is 1. The largest absolute Gasteiger partial charge is 0.444 e. The van der Waals surface area contributed by atoms with Gasteiger partial charge in [0.1, 0.15) is 11.6 Å². The van der Waals surface area contributed by atoms with Crippen LogP contribution in [-0.2, 0) is 19.6 Å². The third-order valence-corrected chi connectivity index (χ3v) is 7.41. The Kier molecular flexibility index (Phi) is 9.28. The highest BCUT2D eigenvalue weighted by Crippen LogP contribution is 2.23. The molecule has 1 aromatic rings. The molecule has 33 heavy (non-hydrogen) atoms. The van der Waals surface area contributed by atoms with E-state index in [1.165, 1.54) is 21.3 Å². The maximum Gasteiger partial charge on any atom is 0.408 e. The zero-order chi connectivity index (χ0) is 24.8. The van der Waals surface area contributed by atoms with E-state index < -0.39 is 39.9 Å². The van der Waals surface area contributed by atoms with Crippen molar-refractivity contribution in [1.29, 1.82) is 0 Å². The number of carbonyl (C=O) groups is 2. The van der Waals surface area contributed by atoms with Crippen molar-refractivity contribution in [2.45, 2.75) is 82.1 Å². The molecule has 0 bridgehead atoms. The van der Waals surface area contributed by atoms with Crippen LogP contribution in [-0.4, -0.2) is 78.7 Å². The molecular formula is C23H37N3O6S. The van der Waals surface area contributed by atoms with Crippen molar-refractivity contribution in [2.75, 3.05) is 20.1 Å². The maximum absolute atomic E-state index is 13.2. The SMILES string of the molecule is CCCC(NC(=O)OC(C)(C)C)C(=O)N(C)C1CCCN(S(=O)(=O)c2ccccc2)CC1O. The predicted molar refractivity (Wildman–Crippen MR) is 125 cm³/mol. The minimum absolute atomic E-state index is 0.114. The van der Waals surface area contributed by atoms with Crippen molar-refractivity contribution in [1.82, 2.24) is 14.5 Å². The highest BCUT2D eigenvalue weighted by molar-refractivity contribution is 7.89. The van der Waals surface area contributed by atoms with Crippen LogP contribution in [0.3, 0.4) is 0 Å². The Morgan fingerprint density at radius 2 is 1.91 bits per heavy atom. The number of aliphatic hydroxyl groups is 1. The third kappa shape index (κ3) is 7.41. The molecule has 3 unspecified atom stereocenters. The zero-order valence-corrected chi connectivity index (χ0v) is 21.0. The third-order valence-electron chi connectivity index (χ3n) is 5.53. The van der Waals surface area contributed by atoms with Crippen LogP contribution < -0.4 is 5.32 Å². The molecule has 1 aliphatic heterocycles. The number of nitrogens with zero attached hydrogens (tertiary/aromatic N) is 2. The first kappa shape index (κ1) is 27.1. The molecule has 2 N–H and O–H groups in total. The molecule has 2 rings (SSSR count). The van der Waals surface area contributed by atoms with Crippen LogP contribution in [0.4, 0.5) is 4.79 Å². The summed E-state index contributed by atoms with van der Waals surface area (Å²) in [6.07, 6.45) is 0.266. The molecule has 0 radical (unpaired) electrons. The minimum Gasteiger partial charge on any atom is -0.444 e. The van der Waals surface area contributed by atoms with E-state index in [1.807, 2.05) is 6.92 Å². The Hall–Kier alpha value is -2.17. The highest BCUT2D eigenvalue weighted by Gasteiger charge is 2.37. The summed E-state index contributed by atoms with van der Waals surface area (Å²) < 4.78 is 32.5. The van der Waals surface area contributed by atoms with Crippen molar-refractivity contribution in [3.05, 3.63) is 30.3 Å². The smallest absolute Gasteiger partial charge is 0.408 e. The van der Waals surface area contributed by atoms with Gasteiger partial charge < -0.3 is 20.1 Å². The fourth-order valence-electron chi connectivity index (χ4n) is 3.91. The predicted octanol–water partition coefficient (Wildman–Crippen LogP) is 2.35. The van der Waals surface area contributed by atoms with Gasteiger partial charge in [-0.3, -0.25) is 4.79 Å². The summed E-state index contributed by atoms with van der Waals surface area (Å²) in [4.78, 5) is 27.0. The fourth-order valence-corrected chi connectivity index (χ4v) is 5.43. The molecule has 2 amide bonds. The van der Waals surface area contributed by atoms with Crippen molar-refractivity contribution < 1.29 is 27.9 Å². The summed E-state index contributed by atoms with van der Waals surface area (Å²) >= 11 is 0. The second kappa shape index (κ2) is 11.3. The van der Waals surface area contributed by atoms with Crippen molar-refractivity contribution in [2.24, 2.45) is 0 Å². The molecule has 3 atom stereocenters. The first-order valence-electron chi connectivity index (χ1n) is 11.4. The number of hydrogen-bond acceptors (Lipinski definition) is 6. The summed E-state index contributed by atoms with van der Waals surface area (Å²) in [5.41, 5.74) is -0.693. The first-order valence-corrected chi connectivity index (χ1v) is 12.8. The maximum atomic E-state index is 13.2. The number of hydrogen-bond donors (Lipinski definition) is 2. The molecular weight excluding hydrogens is 446 g/mol. The molecule has 9 nitrogen and oxygen atoms in total. The van der Waals surface area contributed by atoms with E-state index in [0.29, 0.717) is 25.7 Å². The second-order valence-electron chi connectivity index (χ2n) is 9.39. The summed E-state index contributed by atoms with van der Waals surface area (Å²) in [6.45, 7) is 7.27. The first-order chi connectivity index (χ1) is 15.4. The average molecular weight is 484 g/mol. The summed E-state index contributed by atoms with van der Waals surface area (Å²) in [5, 5.41) is 13.5. The van der Waals surface area contributed by atoms with Gasteiger partial charge in [0, 0.05) is 20.1 Å². The Labute approximate surface area is 197 Å². The molecule has 1 heterocycles. The summed E-state index contributed by atoms with van der Waals surface area (Å²) in [7, 11) is -2.17. The monoisotopic (exact) mass is 483 g/mol. The zero-order valence-electron chi connectivity index (χ0n) is 20.2. The van der Waals surface area contributed by atoms with E-state index >= 15 is 0 Å². The van der Waals surface area contributed by atoms with E-state index in [-0.39, 0.29) is 23.9 Å². The van der Waals surface area contributed by atoms with Crippen LogP contribution in [0.5, 0.6) is 0 Å². The molecule has 1 fully saturated rings. The number of carbonyl (C=O) groups excluding carboxylic acids is 2. The summed E-state index contributed by atoms with van der Waals surface area (Å²) in [5.74, 6) is -0.342. The standard InChI is InChI=1S/C23H37N3O6S/c1-6-11-18(24-22(29)32-23(2,3)4)21(28)25(5)19-14-10-15-26(16-20(19)27)33(30,31)17-12-8-7-9-13-17/h7-9,12-13,18-20,27H,6,10-11,14-16H2,1-5H3,(H,24,29). The highest BCUT2D eigenvalue weighted by atomic mass is 32.2. The molecule has 0 aliphatic carbocycles. The average Bonchev–Trinajstić information content (AvgIpc) is 2.93.